The molecular formula is C17H15N3O4. The number of nitrogens with zero attached hydrogens (tertiary/aromatic N) is 1. The van der Waals surface area contributed by atoms with Gasteiger partial charge in [0.05, 0.1) is 23.9 Å². The molecule has 1 aliphatic heterocycles. The second-order valence-corrected chi connectivity index (χ2v) is 5.25. The number of hydrogen-bond donors (Lipinski definition) is 2. The summed E-state index contributed by atoms with van der Waals surface area (Å²) in [6, 6.07) is 11.3. The van der Waals surface area contributed by atoms with Crippen LogP contribution in [0, 0.1) is 0 Å². The summed E-state index contributed by atoms with van der Waals surface area (Å²) in [5, 5.41) is 2.61. The van der Waals surface area contributed by atoms with E-state index in [2.05, 4.69) is 5.32 Å². The number of methoxy groups -OCH3 is 1. The Bertz CT molecular complexity index is 812. The quantitative estimate of drug-likeness (QED) is 0.655. The molecule has 0 unspecified atom stereocenters. The van der Waals surface area contributed by atoms with E-state index in [0.717, 1.165) is 4.90 Å². The van der Waals surface area contributed by atoms with Crippen LogP contribution in [0.25, 0.3) is 0 Å². The van der Waals surface area contributed by atoms with Crippen LogP contribution in [-0.4, -0.2) is 36.3 Å². The largest absolute Gasteiger partial charge is 0.495 e. The molecule has 7 nitrogen and oxygen atoms in total. The molecule has 0 aliphatic carbocycles. The van der Waals surface area contributed by atoms with Crippen LogP contribution >= 0.6 is 0 Å². The second kappa shape index (κ2) is 6.04. The summed E-state index contributed by atoms with van der Waals surface area (Å²) < 4.78 is 5.04. The summed E-state index contributed by atoms with van der Waals surface area (Å²) >= 11 is 0. The fourth-order valence-corrected chi connectivity index (χ4v) is 2.54. The molecule has 0 atom stereocenters. The zero-order valence-electron chi connectivity index (χ0n) is 12.9. The van der Waals surface area contributed by atoms with E-state index in [0.29, 0.717) is 28.3 Å². The van der Waals surface area contributed by atoms with Crippen molar-refractivity contribution in [1.82, 2.24) is 4.90 Å². The molecule has 2 aromatic rings. The number of carbonyl (C=O) groups excluding carboxylic acids is 3. The van der Waals surface area contributed by atoms with E-state index in [1.807, 2.05) is 0 Å². The van der Waals surface area contributed by atoms with Crippen LogP contribution in [0.15, 0.2) is 42.5 Å². The predicted octanol–water partition coefficient (Wildman–Crippen LogP) is 1.51. The van der Waals surface area contributed by atoms with Crippen LogP contribution in [0.3, 0.4) is 0 Å². The molecule has 0 saturated carbocycles. The summed E-state index contributed by atoms with van der Waals surface area (Å²) in [6.45, 7) is -0.363. The highest BCUT2D eigenvalue weighted by molar-refractivity contribution is 6.22. The van der Waals surface area contributed by atoms with Gasteiger partial charge in [0.15, 0.2) is 0 Å². The first-order valence-electron chi connectivity index (χ1n) is 7.20. The number of anilines is 2. The van der Waals surface area contributed by atoms with Crippen molar-refractivity contribution in [3.63, 3.8) is 0 Å². The first-order chi connectivity index (χ1) is 11.5. The molecule has 0 fully saturated rings. The molecule has 0 radical (unpaired) electrons. The van der Waals surface area contributed by atoms with Gasteiger partial charge in [0, 0.05) is 5.69 Å². The lowest BCUT2D eigenvalue weighted by atomic mass is 10.1. The van der Waals surface area contributed by atoms with Gasteiger partial charge in [-0.05, 0) is 30.3 Å². The fraction of sp³-hybridized carbons (Fsp3) is 0.118. The van der Waals surface area contributed by atoms with Crippen LogP contribution in [0.4, 0.5) is 11.4 Å². The van der Waals surface area contributed by atoms with E-state index in [4.69, 9.17) is 10.5 Å². The molecule has 0 spiro atoms. The summed E-state index contributed by atoms with van der Waals surface area (Å²) in [5.41, 5.74) is 7.22. The predicted molar refractivity (Wildman–Crippen MR) is 87.8 cm³/mol. The van der Waals surface area contributed by atoms with E-state index in [-0.39, 0.29) is 6.54 Å². The number of nitrogens with one attached hydrogen (secondary N) is 1. The van der Waals surface area contributed by atoms with Gasteiger partial charge in [-0.25, -0.2) is 0 Å². The smallest absolute Gasteiger partial charge is 0.262 e. The number of hydrogen-bond acceptors (Lipinski definition) is 5. The monoisotopic (exact) mass is 325 g/mol. The Morgan fingerprint density at radius 1 is 1.12 bits per heavy atom. The van der Waals surface area contributed by atoms with Crippen molar-refractivity contribution < 1.29 is 19.1 Å². The minimum Gasteiger partial charge on any atom is -0.495 e. The Morgan fingerprint density at radius 3 is 2.29 bits per heavy atom. The van der Waals surface area contributed by atoms with Gasteiger partial charge in [-0.1, -0.05) is 12.1 Å². The Hall–Kier alpha value is -3.35. The van der Waals surface area contributed by atoms with Crippen LogP contribution in [0.5, 0.6) is 5.75 Å². The first-order valence-corrected chi connectivity index (χ1v) is 7.20. The Labute approximate surface area is 138 Å². The highest BCUT2D eigenvalue weighted by Gasteiger charge is 2.36. The van der Waals surface area contributed by atoms with Crippen molar-refractivity contribution in [2.45, 2.75) is 0 Å². The van der Waals surface area contributed by atoms with Gasteiger partial charge in [0.2, 0.25) is 5.91 Å². The molecule has 3 rings (SSSR count). The van der Waals surface area contributed by atoms with Crippen molar-refractivity contribution in [2.24, 2.45) is 0 Å². The van der Waals surface area contributed by atoms with E-state index in [1.54, 1.807) is 42.5 Å². The van der Waals surface area contributed by atoms with E-state index >= 15 is 0 Å². The lowest BCUT2D eigenvalue weighted by Gasteiger charge is -2.14. The van der Waals surface area contributed by atoms with Gasteiger partial charge in [-0.2, -0.15) is 0 Å². The van der Waals surface area contributed by atoms with E-state index in [1.165, 1.54) is 7.11 Å². The molecule has 0 aromatic heterocycles. The highest BCUT2D eigenvalue weighted by Crippen LogP contribution is 2.25. The SMILES string of the molecule is COc1ccc(NC(=O)CN2C(=O)c3ccccc3C2=O)cc1N. The molecule has 1 aliphatic rings. The second-order valence-electron chi connectivity index (χ2n) is 5.25. The van der Waals surface area contributed by atoms with Crippen LogP contribution < -0.4 is 15.8 Å². The molecule has 24 heavy (non-hydrogen) atoms. The Kier molecular flexibility index (Phi) is 3.91. The van der Waals surface area contributed by atoms with Crippen LogP contribution in [0.2, 0.25) is 0 Å². The Balaban J connectivity index is 1.71. The number of benzene rings is 2. The van der Waals surface area contributed by atoms with Crippen LogP contribution in [0.1, 0.15) is 20.7 Å². The van der Waals surface area contributed by atoms with Gasteiger partial charge < -0.3 is 15.8 Å². The van der Waals surface area contributed by atoms with Crippen LogP contribution in [-0.2, 0) is 4.79 Å². The molecule has 0 bridgehead atoms. The van der Waals surface area contributed by atoms with Crippen molar-refractivity contribution >= 4 is 29.1 Å². The maximum absolute atomic E-state index is 12.2. The third-order valence-corrected chi connectivity index (χ3v) is 3.69. The standard InChI is InChI=1S/C17H15N3O4/c1-24-14-7-6-10(8-13(14)18)19-15(21)9-20-16(22)11-4-2-3-5-12(11)17(20)23/h2-8H,9,18H2,1H3,(H,19,21). The normalized spacial score (nSPS) is 13.0. The number of fused-ring (bicyclic) bond motifs is 1. The van der Waals surface area contributed by atoms with Gasteiger partial charge in [-0.3, -0.25) is 19.3 Å². The number of carbonyl (C=O) groups is 3. The topological polar surface area (TPSA) is 102 Å². The average Bonchev–Trinajstić information content (AvgIpc) is 2.80. The average molecular weight is 325 g/mol. The number of ether oxygens (including phenoxy) is 1. The summed E-state index contributed by atoms with van der Waals surface area (Å²) in [6.07, 6.45) is 0. The van der Waals surface area contributed by atoms with Gasteiger partial charge in [-0.15, -0.1) is 0 Å². The third-order valence-electron chi connectivity index (χ3n) is 3.69. The number of rotatable bonds is 4. The minimum atomic E-state index is -0.492. The van der Waals surface area contributed by atoms with Gasteiger partial charge >= 0.3 is 0 Å². The number of nitrogens with two attached hydrogens (primary N) is 1. The summed E-state index contributed by atoms with van der Waals surface area (Å²) in [4.78, 5) is 37.5. The summed E-state index contributed by atoms with van der Waals surface area (Å²) in [5.74, 6) is -0.942. The molecule has 0 saturated heterocycles. The highest BCUT2D eigenvalue weighted by atomic mass is 16.5. The molecule has 3 N–H and O–H groups in total. The fourth-order valence-electron chi connectivity index (χ4n) is 2.54. The maximum atomic E-state index is 12.2. The lowest BCUT2D eigenvalue weighted by molar-refractivity contribution is -0.116. The van der Waals surface area contributed by atoms with Gasteiger partial charge in [0.1, 0.15) is 12.3 Å². The lowest BCUT2D eigenvalue weighted by Crippen LogP contribution is -2.37. The molecule has 1 heterocycles. The van der Waals surface area contributed by atoms with Crippen molar-refractivity contribution in [2.75, 3.05) is 24.7 Å². The summed E-state index contributed by atoms with van der Waals surface area (Å²) in [7, 11) is 1.49. The molecule has 3 amide bonds. The third kappa shape index (κ3) is 2.67. The van der Waals surface area contributed by atoms with E-state index < -0.39 is 17.7 Å². The van der Waals surface area contributed by atoms with E-state index in [9.17, 15) is 14.4 Å². The maximum Gasteiger partial charge on any atom is 0.262 e. The molecule has 7 heteroatoms. The van der Waals surface area contributed by atoms with Crippen molar-refractivity contribution in [3.8, 4) is 5.75 Å². The van der Waals surface area contributed by atoms with Crippen molar-refractivity contribution in [1.29, 1.82) is 0 Å². The zero-order chi connectivity index (χ0) is 17.3. The molecule has 2 aromatic carbocycles. The number of nitrogen functional groups attached to an aromatic ring is 1. The first kappa shape index (κ1) is 15.5. The van der Waals surface area contributed by atoms with Crippen molar-refractivity contribution in [3.05, 3.63) is 53.6 Å². The van der Waals surface area contributed by atoms with Gasteiger partial charge in [0.25, 0.3) is 11.8 Å². The minimum absolute atomic E-state index is 0.309. The number of imide groups is 1. The molecular weight excluding hydrogens is 310 g/mol. The number of amides is 3. The zero-order valence-corrected chi connectivity index (χ0v) is 12.9. The Morgan fingerprint density at radius 2 is 1.75 bits per heavy atom. The molecule has 122 valence electrons.